The van der Waals surface area contributed by atoms with Crippen molar-refractivity contribution in [2.24, 2.45) is 0 Å². The van der Waals surface area contributed by atoms with Gasteiger partial charge in [0.25, 0.3) is 11.1 Å². The molecule has 2 aromatic heterocycles. The summed E-state index contributed by atoms with van der Waals surface area (Å²) >= 11 is 0. The van der Waals surface area contributed by atoms with Gasteiger partial charge in [-0.1, -0.05) is 48.0 Å². The molecule has 6 nitrogen and oxygen atoms in total. The molecule has 0 unspecified atom stereocenters. The number of fused-ring (bicyclic) bond motifs is 1. The Bertz CT molecular complexity index is 1320. The lowest BCUT2D eigenvalue weighted by Crippen LogP contribution is -2.29. The molecule has 0 spiro atoms. The van der Waals surface area contributed by atoms with Gasteiger partial charge < -0.3 is 4.98 Å². The summed E-state index contributed by atoms with van der Waals surface area (Å²) in [4.78, 5) is 45.5. The third-order valence-electron chi connectivity index (χ3n) is 4.67. The highest BCUT2D eigenvalue weighted by Gasteiger charge is 2.24. The van der Waals surface area contributed by atoms with Crippen LogP contribution in [-0.2, 0) is 0 Å². The number of rotatable bonds is 3. The van der Waals surface area contributed by atoms with E-state index in [0.29, 0.717) is 16.8 Å². The standard InChI is InChI=1S/C22H17N3O3/c1-13-8-10-16(11-9-13)25-20-19(21(27)24-12-23-20)18(15-6-4-3-5-7-15)17(14(2)26)22(25)28/h3-12H,1-2H3,(H,23,24,27). The number of pyridine rings is 1. The van der Waals surface area contributed by atoms with Crippen molar-refractivity contribution >= 4 is 16.8 Å². The minimum atomic E-state index is -0.499. The van der Waals surface area contributed by atoms with Crippen LogP contribution in [0, 0.1) is 6.92 Å². The molecule has 0 fully saturated rings. The summed E-state index contributed by atoms with van der Waals surface area (Å²) in [6.07, 6.45) is 1.26. The summed E-state index contributed by atoms with van der Waals surface area (Å²) in [5.74, 6) is -0.408. The van der Waals surface area contributed by atoms with E-state index in [1.54, 1.807) is 36.4 Å². The summed E-state index contributed by atoms with van der Waals surface area (Å²) in [5, 5.41) is 0.207. The Morgan fingerprint density at radius 2 is 1.68 bits per heavy atom. The first kappa shape index (κ1) is 17.6. The van der Waals surface area contributed by atoms with E-state index in [1.807, 2.05) is 25.1 Å². The second-order valence-corrected chi connectivity index (χ2v) is 6.58. The Morgan fingerprint density at radius 3 is 2.32 bits per heavy atom. The third-order valence-corrected chi connectivity index (χ3v) is 4.67. The number of H-pyrrole nitrogens is 1. The number of benzene rings is 2. The molecule has 0 saturated carbocycles. The second kappa shape index (κ2) is 6.74. The van der Waals surface area contributed by atoms with Gasteiger partial charge in [-0.2, -0.15) is 0 Å². The molecule has 2 aromatic carbocycles. The average molecular weight is 371 g/mol. The quantitative estimate of drug-likeness (QED) is 0.560. The number of hydrogen-bond donors (Lipinski definition) is 1. The Morgan fingerprint density at radius 1 is 1.00 bits per heavy atom. The zero-order valence-electron chi connectivity index (χ0n) is 15.4. The highest BCUT2D eigenvalue weighted by atomic mass is 16.1. The predicted molar refractivity (Wildman–Crippen MR) is 108 cm³/mol. The molecule has 0 amide bonds. The third kappa shape index (κ3) is 2.75. The minimum absolute atomic E-state index is 0.0298. The van der Waals surface area contributed by atoms with Crippen LogP contribution in [0.25, 0.3) is 27.8 Å². The smallest absolute Gasteiger partial charge is 0.268 e. The number of aromatic amines is 1. The molecule has 138 valence electrons. The topological polar surface area (TPSA) is 84.8 Å². The maximum absolute atomic E-state index is 13.4. The molecular formula is C22H17N3O3. The molecule has 0 radical (unpaired) electrons. The number of Topliss-reactive ketones (excluding diaryl/α,β-unsaturated/α-hetero) is 1. The Kier molecular flexibility index (Phi) is 4.24. The van der Waals surface area contributed by atoms with Gasteiger partial charge in [0.15, 0.2) is 11.4 Å². The minimum Gasteiger partial charge on any atom is -0.312 e. The van der Waals surface area contributed by atoms with E-state index >= 15 is 0 Å². The molecular weight excluding hydrogens is 354 g/mol. The monoisotopic (exact) mass is 371 g/mol. The van der Waals surface area contributed by atoms with Crippen molar-refractivity contribution in [3.63, 3.8) is 0 Å². The van der Waals surface area contributed by atoms with Gasteiger partial charge in [-0.25, -0.2) is 4.98 Å². The zero-order chi connectivity index (χ0) is 19.8. The van der Waals surface area contributed by atoms with Gasteiger partial charge in [0.1, 0.15) is 0 Å². The molecule has 0 bridgehead atoms. The Labute approximate surface area is 160 Å². The Balaban J connectivity index is 2.27. The summed E-state index contributed by atoms with van der Waals surface area (Å²) in [6, 6.07) is 16.2. The predicted octanol–water partition coefficient (Wildman–Crippen LogP) is 3.25. The van der Waals surface area contributed by atoms with Crippen LogP contribution in [-0.4, -0.2) is 20.3 Å². The molecule has 28 heavy (non-hydrogen) atoms. The second-order valence-electron chi connectivity index (χ2n) is 6.58. The zero-order valence-corrected chi connectivity index (χ0v) is 15.4. The van der Waals surface area contributed by atoms with Crippen LogP contribution in [0.2, 0.25) is 0 Å². The molecule has 4 rings (SSSR count). The number of ketones is 1. The van der Waals surface area contributed by atoms with Gasteiger partial charge in [-0.15, -0.1) is 0 Å². The van der Waals surface area contributed by atoms with E-state index in [2.05, 4.69) is 9.97 Å². The molecule has 1 N–H and O–H groups in total. The lowest BCUT2D eigenvalue weighted by Gasteiger charge is -2.16. The first-order chi connectivity index (χ1) is 13.5. The average Bonchev–Trinajstić information content (AvgIpc) is 2.69. The van der Waals surface area contributed by atoms with Gasteiger partial charge in [0, 0.05) is 5.56 Å². The lowest BCUT2D eigenvalue weighted by atomic mass is 9.95. The van der Waals surface area contributed by atoms with Crippen LogP contribution >= 0.6 is 0 Å². The Hall–Kier alpha value is -3.80. The van der Waals surface area contributed by atoms with Gasteiger partial charge in [-0.3, -0.25) is 19.0 Å². The van der Waals surface area contributed by atoms with E-state index in [4.69, 9.17) is 0 Å². The van der Waals surface area contributed by atoms with E-state index < -0.39 is 16.9 Å². The van der Waals surface area contributed by atoms with E-state index in [-0.39, 0.29) is 16.6 Å². The van der Waals surface area contributed by atoms with Gasteiger partial charge >= 0.3 is 0 Å². The first-order valence-electron chi connectivity index (χ1n) is 8.79. The molecule has 6 heteroatoms. The first-order valence-corrected chi connectivity index (χ1v) is 8.79. The largest absolute Gasteiger partial charge is 0.312 e. The molecule has 0 saturated heterocycles. The summed E-state index contributed by atoms with van der Waals surface area (Å²) in [7, 11) is 0. The number of carbonyl (C=O) groups is 1. The molecule has 0 aliphatic heterocycles. The van der Waals surface area contributed by atoms with Crippen molar-refractivity contribution in [2.75, 3.05) is 0 Å². The number of aromatic nitrogens is 3. The molecule has 0 aliphatic rings. The number of nitrogens with zero attached hydrogens (tertiary/aromatic N) is 2. The van der Waals surface area contributed by atoms with Crippen molar-refractivity contribution < 1.29 is 4.79 Å². The van der Waals surface area contributed by atoms with Gasteiger partial charge in [0.2, 0.25) is 0 Å². The highest BCUT2D eigenvalue weighted by Crippen LogP contribution is 2.29. The summed E-state index contributed by atoms with van der Waals surface area (Å²) in [5.41, 5.74) is 1.77. The number of carbonyl (C=O) groups excluding carboxylic acids is 1. The van der Waals surface area contributed by atoms with Crippen LogP contribution in [0.1, 0.15) is 22.8 Å². The number of hydrogen-bond acceptors (Lipinski definition) is 4. The SMILES string of the molecule is CC(=O)c1c(-c2ccccc2)c2c(=O)[nH]cnc2n(-c2ccc(C)cc2)c1=O. The molecule has 0 atom stereocenters. The normalized spacial score (nSPS) is 10.9. The van der Waals surface area contributed by atoms with Crippen LogP contribution in [0.3, 0.4) is 0 Å². The summed E-state index contributed by atoms with van der Waals surface area (Å²) in [6.45, 7) is 3.27. The highest BCUT2D eigenvalue weighted by molar-refractivity contribution is 6.08. The van der Waals surface area contributed by atoms with Crippen LogP contribution in [0.5, 0.6) is 0 Å². The van der Waals surface area contributed by atoms with Crippen molar-refractivity contribution in [3.05, 3.63) is 92.8 Å². The van der Waals surface area contributed by atoms with Gasteiger partial charge in [0.05, 0.1) is 23.0 Å². The van der Waals surface area contributed by atoms with Crippen LogP contribution < -0.4 is 11.1 Å². The lowest BCUT2D eigenvalue weighted by molar-refractivity contribution is 0.101. The molecule has 4 aromatic rings. The van der Waals surface area contributed by atoms with E-state index in [0.717, 1.165) is 5.56 Å². The van der Waals surface area contributed by atoms with E-state index in [9.17, 15) is 14.4 Å². The molecule has 2 heterocycles. The molecule has 0 aliphatic carbocycles. The van der Waals surface area contributed by atoms with Crippen LogP contribution in [0.4, 0.5) is 0 Å². The van der Waals surface area contributed by atoms with Crippen molar-refractivity contribution in [1.82, 2.24) is 14.5 Å². The maximum Gasteiger partial charge on any atom is 0.268 e. The van der Waals surface area contributed by atoms with E-state index in [1.165, 1.54) is 17.8 Å². The fraction of sp³-hybridized carbons (Fsp3) is 0.0909. The maximum atomic E-state index is 13.4. The fourth-order valence-electron chi connectivity index (χ4n) is 3.38. The van der Waals surface area contributed by atoms with Crippen molar-refractivity contribution in [3.8, 4) is 16.8 Å². The van der Waals surface area contributed by atoms with Crippen molar-refractivity contribution in [1.29, 1.82) is 0 Å². The number of nitrogens with one attached hydrogen (secondary N) is 1. The number of aryl methyl sites for hydroxylation is 1. The summed E-state index contributed by atoms with van der Waals surface area (Å²) < 4.78 is 1.33. The van der Waals surface area contributed by atoms with Gasteiger partial charge in [-0.05, 0) is 31.5 Å². The van der Waals surface area contributed by atoms with Crippen LogP contribution in [0.15, 0.2) is 70.5 Å². The van der Waals surface area contributed by atoms with Crippen molar-refractivity contribution in [2.45, 2.75) is 13.8 Å². The fourth-order valence-corrected chi connectivity index (χ4v) is 3.38.